The highest BCUT2D eigenvalue weighted by atomic mass is 19.1. The van der Waals surface area contributed by atoms with E-state index in [4.69, 9.17) is 4.74 Å². The van der Waals surface area contributed by atoms with Gasteiger partial charge in [-0.25, -0.2) is 8.78 Å². The molecule has 168 valence electrons. The van der Waals surface area contributed by atoms with Gasteiger partial charge in [0, 0.05) is 50.0 Å². The number of halogens is 2. The Kier molecular flexibility index (Phi) is 7.98. The van der Waals surface area contributed by atoms with Crippen LogP contribution in [0.4, 0.5) is 8.78 Å². The minimum atomic E-state index is -0.587. The number of guanidine groups is 1. The first-order chi connectivity index (χ1) is 14.9. The molecular formula is C24H32F2N4O. The predicted octanol–water partition coefficient (Wildman–Crippen LogP) is 4.09. The van der Waals surface area contributed by atoms with Gasteiger partial charge in [-0.2, -0.15) is 0 Å². The van der Waals surface area contributed by atoms with E-state index in [0.29, 0.717) is 31.3 Å². The molecular weight excluding hydrogens is 398 g/mol. The Morgan fingerprint density at radius 1 is 1.06 bits per heavy atom. The molecule has 2 aromatic carbocycles. The fourth-order valence-electron chi connectivity index (χ4n) is 4.00. The van der Waals surface area contributed by atoms with Crippen molar-refractivity contribution in [3.8, 4) is 0 Å². The smallest absolute Gasteiger partial charge is 0.191 e. The van der Waals surface area contributed by atoms with Gasteiger partial charge >= 0.3 is 0 Å². The number of hydrogen-bond donors (Lipinski definition) is 3. The summed E-state index contributed by atoms with van der Waals surface area (Å²) in [5, 5.41) is 10.4. The highest BCUT2D eigenvalue weighted by Crippen LogP contribution is 2.25. The Labute approximate surface area is 183 Å². The van der Waals surface area contributed by atoms with Gasteiger partial charge in [-0.05, 0) is 38.3 Å². The van der Waals surface area contributed by atoms with Crippen LogP contribution in [-0.4, -0.2) is 38.3 Å². The zero-order valence-corrected chi connectivity index (χ0v) is 18.4. The Bertz CT molecular complexity index is 869. The van der Waals surface area contributed by atoms with Gasteiger partial charge < -0.3 is 20.7 Å². The third-order valence-corrected chi connectivity index (χ3v) is 5.87. The third-order valence-electron chi connectivity index (χ3n) is 5.87. The molecule has 0 spiro atoms. The van der Waals surface area contributed by atoms with Crippen LogP contribution in [0.2, 0.25) is 0 Å². The maximum Gasteiger partial charge on any atom is 0.191 e. The fraction of sp³-hybridized carbons (Fsp3) is 0.458. The number of hydrogen-bond acceptors (Lipinski definition) is 3. The van der Waals surface area contributed by atoms with E-state index in [1.54, 1.807) is 7.05 Å². The second-order valence-electron chi connectivity index (χ2n) is 8.13. The number of nitrogens with one attached hydrogen (secondary N) is 3. The average molecular weight is 431 g/mol. The van der Waals surface area contributed by atoms with E-state index in [1.807, 2.05) is 25.1 Å². The van der Waals surface area contributed by atoms with Gasteiger partial charge in [-0.15, -0.1) is 0 Å². The predicted molar refractivity (Wildman–Crippen MR) is 120 cm³/mol. The van der Waals surface area contributed by atoms with Crippen LogP contribution >= 0.6 is 0 Å². The van der Waals surface area contributed by atoms with Gasteiger partial charge in [0.25, 0.3) is 0 Å². The summed E-state index contributed by atoms with van der Waals surface area (Å²) < 4.78 is 33.0. The maximum absolute atomic E-state index is 14.1. The van der Waals surface area contributed by atoms with Crippen molar-refractivity contribution in [2.24, 2.45) is 4.99 Å². The van der Waals surface area contributed by atoms with Crippen molar-refractivity contribution < 1.29 is 13.5 Å². The minimum absolute atomic E-state index is 0.157. The normalized spacial score (nSPS) is 18.3. The second-order valence-corrected chi connectivity index (χ2v) is 8.13. The summed E-state index contributed by atoms with van der Waals surface area (Å²) in [6.45, 7) is 6.02. The molecule has 1 fully saturated rings. The first-order valence-corrected chi connectivity index (χ1v) is 10.7. The first-order valence-electron chi connectivity index (χ1n) is 10.7. The van der Waals surface area contributed by atoms with Crippen molar-refractivity contribution in [1.82, 2.24) is 16.0 Å². The zero-order valence-electron chi connectivity index (χ0n) is 18.4. The Balaban J connectivity index is 1.65. The molecule has 2 unspecified atom stereocenters. The van der Waals surface area contributed by atoms with Crippen LogP contribution in [-0.2, 0) is 4.74 Å². The van der Waals surface area contributed by atoms with E-state index >= 15 is 0 Å². The summed E-state index contributed by atoms with van der Waals surface area (Å²) in [5.41, 5.74) is 1.47. The van der Waals surface area contributed by atoms with E-state index in [2.05, 4.69) is 40.0 Å². The highest BCUT2D eigenvalue weighted by Gasteiger charge is 2.34. The van der Waals surface area contributed by atoms with E-state index in [9.17, 15) is 8.78 Å². The standard InChI is InChI=1S/C24H32F2N4O/c1-17(19-7-5-4-6-8-19)30-24(11-13-31-14-12-24)16-28-23(27-3)29-18(2)21-10-9-20(25)15-22(21)26/h4-10,15,17-18,30H,11-14,16H2,1-3H3,(H2,27,28,29). The summed E-state index contributed by atoms with van der Waals surface area (Å²) in [6, 6.07) is 13.8. The van der Waals surface area contributed by atoms with Crippen molar-refractivity contribution in [1.29, 1.82) is 0 Å². The summed E-state index contributed by atoms with van der Waals surface area (Å²) in [7, 11) is 1.68. The second kappa shape index (κ2) is 10.7. The van der Waals surface area contributed by atoms with Gasteiger partial charge in [0.05, 0.1) is 6.04 Å². The van der Waals surface area contributed by atoms with Crippen molar-refractivity contribution in [2.75, 3.05) is 26.8 Å². The first kappa shape index (κ1) is 23.2. The number of aliphatic imine (C=N–C) groups is 1. The minimum Gasteiger partial charge on any atom is -0.381 e. The molecule has 0 aliphatic carbocycles. The molecule has 1 saturated heterocycles. The van der Waals surface area contributed by atoms with E-state index in [-0.39, 0.29) is 17.6 Å². The lowest BCUT2D eigenvalue weighted by molar-refractivity contribution is 0.0354. The molecule has 0 amide bonds. The van der Waals surface area contributed by atoms with E-state index < -0.39 is 11.6 Å². The quantitative estimate of drug-likeness (QED) is 0.458. The highest BCUT2D eigenvalue weighted by molar-refractivity contribution is 5.80. The lowest BCUT2D eigenvalue weighted by atomic mass is 9.88. The molecule has 31 heavy (non-hydrogen) atoms. The zero-order chi connectivity index (χ0) is 22.3. The fourth-order valence-corrected chi connectivity index (χ4v) is 4.00. The monoisotopic (exact) mass is 430 g/mol. The molecule has 1 aliphatic heterocycles. The average Bonchev–Trinajstić information content (AvgIpc) is 2.77. The molecule has 2 atom stereocenters. The van der Waals surface area contributed by atoms with Crippen LogP contribution in [0.5, 0.6) is 0 Å². The SMILES string of the molecule is CN=C(NCC1(NC(C)c2ccccc2)CCOCC1)NC(C)c1ccc(F)cc1F. The summed E-state index contributed by atoms with van der Waals surface area (Å²) >= 11 is 0. The molecule has 3 rings (SSSR count). The number of nitrogens with zero attached hydrogens (tertiary/aromatic N) is 1. The molecule has 1 aliphatic rings. The largest absolute Gasteiger partial charge is 0.381 e. The van der Waals surface area contributed by atoms with Gasteiger partial charge in [0.2, 0.25) is 0 Å². The Morgan fingerprint density at radius 3 is 2.42 bits per heavy atom. The van der Waals surface area contributed by atoms with Crippen LogP contribution in [0, 0.1) is 11.6 Å². The molecule has 0 saturated carbocycles. The van der Waals surface area contributed by atoms with Gasteiger partial charge in [-0.3, -0.25) is 4.99 Å². The van der Waals surface area contributed by atoms with Crippen molar-refractivity contribution >= 4 is 5.96 Å². The van der Waals surface area contributed by atoms with Crippen LogP contribution < -0.4 is 16.0 Å². The lowest BCUT2D eigenvalue weighted by Gasteiger charge is -2.41. The topological polar surface area (TPSA) is 57.7 Å². The van der Waals surface area contributed by atoms with Crippen LogP contribution in [0.3, 0.4) is 0 Å². The van der Waals surface area contributed by atoms with E-state index in [0.717, 1.165) is 18.9 Å². The third kappa shape index (κ3) is 6.24. The van der Waals surface area contributed by atoms with Crippen molar-refractivity contribution in [3.63, 3.8) is 0 Å². The van der Waals surface area contributed by atoms with Crippen LogP contribution in [0.25, 0.3) is 0 Å². The van der Waals surface area contributed by atoms with Gasteiger partial charge in [0.15, 0.2) is 5.96 Å². The lowest BCUT2D eigenvalue weighted by Crippen LogP contribution is -2.58. The Hall–Kier alpha value is -2.51. The van der Waals surface area contributed by atoms with E-state index in [1.165, 1.54) is 17.7 Å². The number of ether oxygens (including phenoxy) is 1. The number of rotatable bonds is 7. The molecule has 1 heterocycles. The van der Waals surface area contributed by atoms with Crippen LogP contribution in [0.1, 0.15) is 49.9 Å². The molecule has 3 N–H and O–H groups in total. The van der Waals surface area contributed by atoms with Gasteiger partial charge in [-0.1, -0.05) is 36.4 Å². The van der Waals surface area contributed by atoms with Crippen LogP contribution in [0.15, 0.2) is 53.5 Å². The molecule has 5 nitrogen and oxygen atoms in total. The molecule has 0 bridgehead atoms. The molecule has 2 aromatic rings. The maximum atomic E-state index is 14.1. The summed E-state index contributed by atoms with van der Waals surface area (Å²) in [6.07, 6.45) is 1.74. The molecule has 7 heteroatoms. The molecule has 0 radical (unpaired) electrons. The summed E-state index contributed by atoms with van der Waals surface area (Å²) in [4.78, 5) is 4.29. The molecule has 0 aromatic heterocycles. The number of benzene rings is 2. The van der Waals surface area contributed by atoms with Crippen molar-refractivity contribution in [2.45, 2.75) is 44.3 Å². The van der Waals surface area contributed by atoms with Gasteiger partial charge in [0.1, 0.15) is 11.6 Å². The Morgan fingerprint density at radius 2 is 1.77 bits per heavy atom. The van der Waals surface area contributed by atoms with Crippen molar-refractivity contribution in [3.05, 3.63) is 71.3 Å². The summed E-state index contributed by atoms with van der Waals surface area (Å²) in [5.74, 6) is -0.595.